The highest BCUT2D eigenvalue weighted by Crippen LogP contribution is 2.50. The number of halogens is 1. The molecule has 1 rings (SSSR count). The maximum atomic E-state index is 10.7. The van der Waals surface area contributed by atoms with E-state index >= 15 is 0 Å². The Morgan fingerprint density at radius 3 is 2.57 bits per heavy atom. The minimum Gasteiger partial charge on any atom is -0.316 e. The number of aryl methyl sites for hydroxylation is 1. The molecule has 0 saturated heterocycles. The molecule has 0 aliphatic carbocycles. The van der Waals surface area contributed by atoms with E-state index in [9.17, 15) is 4.57 Å². The lowest BCUT2D eigenvalue weighted by Crippen LogP contribution is -1.92. The van der Waals surface area contributed by atoms with E-state index in [4.69, 9.17) is 4.89 Å². The Hall–Kier alpha value is -0.150. The first kappa shape index (κ1) is 11.9. The summed E-state index contributed by atoms with van der Waals surface area (Å²) in [6.45, 7) is 0.286. The summed E-state index contributed by atoms with van der Waals surface area (Å²) in [5, 5.41) is 0. The van der Waals surface area contributed by atoms with Gasteiger partial charge in [0.05, 0.1) is 6.61 Å². The second kappa shape index (κ2) is 5.66. The van der Waals surface area contributed by atoms with Crippen molar-refractivity contribution in [2.45, 2.75) is 12.8 Å². The normalized spacial score (nSPS) is 15.0. The summed E-state index contributed by atoms with van der Waals surface area (Å²) < 4.78 is 15.4. The van der Waals surface area contributed by atoms with Gasteiger partial charge >= 0.3 is 6.30 Å². The van der Waals surface area contributed by atoms with Crippen molar-refractivity contribution >= 4 is 21.8 Å². The zero-order valence-electron chi connectivity index (χ0n) is 7.60. The maximum Gasteiger partial charge on any atom is 0.393 e. The number of hydrogen-bond acceptors (Lipinski definition) is 2. The van der Waals surface area contributed by atoms with E-state index in [-0.39, 0.29) is 6.61 Å². The average Bonchev–Trinajstić information content (AvgIpc) is 2.13. The van der Waals surface area contributed by atoms with Crippen LogP contribution in [-0.2, 0) is 15.5 Å². The molecule has 5 heteroatoms. The van der Waals surface area contributed by atoms with Gasteiger partial charge in [-0.2, -0.15) is 0 Å². The van der Waals surface area contributed by atoms with Gasteiger partial charge in [0, 0.05) is 15.5 Å². The smallest absolute Gasteiger partial charge is 0.316 e. The fraction of sp³-hybridized carbons (Fsp3) is 0.333. The molecule has 0 saturated carbocycles. The lowest BCUT2D eigenvalue weighted by Gasteiger charge is -2.04. The molecule has 1 atom stereocenters. The molecule has 1 aromatic carbocycles. The molecule has 0 aliphatic heterocycles. The van der Waals surface area contributed by atoms with E-state index in [1.165, 1.54) is 5.56 Å². The molecule has 0 fully saturated rings. The van der Waals surface area contributed by atoms with E-state index in [2.05, 4.69) is 20.0 Å². The van der Waals surface area contributed by atoms with Gasteiger partial charge in [-0.3, -0.25) is 0 Å². The summed E-state index contributed by atoms with van der Waals surface area (Å²) in [7, 11) is 0. The van der Waals surface area contributed by atoms with Gasteiger partial charge in [-0.1, -0.05) is 30.3 Å². The van der Waals surface area contributed by atoms with Crippen molar-refractivity contribution in [1.82, 2.24) is 0 Å². The minimum atomic E-state index is -3.47. The Morgan fingerprint density at radius 1 is 1.36 bits per heavy atom. The van der Waals surface area contributed by atoms with E-state index in [1.54, 1.807) is 0 Å². The van der Waals surface area contributed by atoms with Crippen LogP contribution in [0.2, 0.25) is 0 Å². The van der Waals surface area contributed by atoms with E-state index in [0.29, 0.717) is 0 Å². The molecule has 0 heterocycles. The molecule has 14 heavy (non-hydrogen) atoms. The molecule has 0 aliphatic rings. The van der Waals surface area contributed by atoms with Gasteiger partial charge in [0.15, 0.2) is 0 Å². The molecule has 1 unspecified atom stereocenters. The lowest BCUT2D eigenvalue weighted by atomic mass is 10.1. The highest BCUT2D eigenvalue weighted by atomic mass is 79.9. The van der Waals surface area contributed by atoms with Crippen LogP contribution in [0, 0.1) is 0 Å². The summed E-state index contributed by atoms with van der Waals surface area (Å²) in [5.74, 6) is 0. The summed E-state index contributed by atoms with van der Waals surface area (Å²) in [6, 6.07) is 9.94. The summed E-state index contributed by atoms with van der Waals surface area (Å²) >= 11 is 2.55. The molecule has 0 spiro atoms. The van der Waals surface area contributed by atoms with Crippen LogP contribution in [-0.4, -0.2) is 11.5 Å². The predicted molar refractivity (Wildman–Crippen MR) is 59.5 cm³/mol. The third-order valence-corrected chi connectivity index (χ3v) is 2.82. The highest BCUT2D eigenvalue weighted by Gasteiger charge is 2.11. The Labute approximate surface area is 91.4 Å². The molecule has 0 radical (unpaired) electrons. The monoisotopic (exact) mass is 278 g/mol. The van der Waals surface area contributed by atoms with Gasteiger partial charge in [-0.15, -0.1) is 0 Å². The second-order valence-electron chi connectivity index (χ2n) is 2.87. The van der Waals surface area contributed by atoms with Crippen molar-refractivity contribution in [2.75, 3.05) is 6.61 Å². The van der Waals surface area contributed by atoms with Crippen molar-refractivity contribution in [3.05, 3.63) is 35.9 Å². The van der Waals surface area contributed by atoms with Crippen LogP contribution in [0.1, 0.15) is 12.0 Å². The van der Waals surface area contributed by atoms with Gasteiger partial charge < -0.3 is 9.42 Å². The zero-order chi connectivity index (χ0) is 10.4. The Bertz CT molecular complexity index is 309. The van der Waals surface area contributed by atoms with Gasteiger partial charge in [0.2, 0.25) is 0 Å². The zero-order valence-corrected chi connectivity index (χ0v) is 10.1. The Balaban J connectivity index is 2.20. The minimum absolute atomic E-state index is 0.286. The third-order valence-electron chi connectivity index (χ3n) is 1.70. The molecule has 1 N–H and O–H groups in total. The fourth-order valence-electron chi connectivity index (χ4n) is 1.10. The molecule has 1 aromatic rings. The Morgan fingerprint density at radius 2 is 2.00 bits per heavy atom. The summed E-state index contributed by atoms with van der Waals surface area (Å²) in [6.07, 6.45) is -1.88. The first-order valence-corrected chi connectivity index (χ1v) is 7.88. The molecular formula is C9H12BrO3P. The van der Waals surface area contributed by atoms with Gasteiger partial charge in [-0.25, -0.2) is 4.57 Å². The van der Waals surface area contributed by atoms with Crippen LogP contribution in [0.5, 0.6) is 0 Å². The largest absolute Gasteiger partial charge is 0.393 e. The van der Waals surface area contributed by atoms with E-state index in [1.807, 2.05) is 30.3 Å². The van der Waals surface area contributed by atoms with Crippen molar-refractivity contribution in [3.63, 3.8) is 0 Å². The average molecular weight is 279 g/mol. The predicted octanol–water partition coefficient (Wildman–Crippen LogP) is 3.13. The molecule has 0 amide bonds. The summed E-state index contributed by atoms with van der Waals surface area (Å²) in [4.78, 5) is 8.76. The van der Waals surface area contributed by atoms with Gasteiger partial charge in [0.25, 0.3) is 0 Å². The molecule has 0 aromatic heterocycles. The van der Waals surface area contributed by atoms with Gasteiger partial charge in [0.1, 0.15) is 0 Å². The standard InChI is InChI=1S/C9H12BrO3P/c10-14(11,12)13-8-4-7-9-5-2-1-3-6-9/h1-3,5-6H,4,7-8H2,(H,11,12). The number of rotatable bonds is 5. The number of benzene rings is 1. The first-order valence-electron chi connectivity index (χ1n) is 4.29. The number of hydrogen-bond donors (Lipinski definition) is 1. The Kier molecular flexibility index (Phi) is 4.82. The van der Waals surface area contributed by atoms with Gasteiger partial charge in [-0.05, 0) is 18.4 Å². The fourth-order valence-corrected chi connectivity index (χ4v) is 1.89. The molecular weight excluding hydrogens is 267 g/mol. The molecule has 78 valence electrons. The topological polar surface area (TPSA) is 46.5 Å². The molecule has 3 nitrogen and oxygen atoms in total. The summed E-state index contributed by atoms with van der Waals surface area (Å²) in [5.41, 5.74) is 1.21. The van der Waals surface area contributed by atoms with Crippen molar-refractivity contribution < 1.29 is 14.0 Å². The van der Waals surface area contributed by atoms with Crippen LogP contribution >= 0.6 is 21.8 Å². The maximum absolute atomic E-state index is 10.7. The van der Waals surface area contributed by atoms with Crippen molar-refractivity contribution in [1.29, 1.82) is 0 Å². The lowest BCUT2D eigenvalue weighted by molar-refractivity contribution is 0.273. The van der Waals surface area contributed by atoms with E-state index < -0.39 is 6.30 Å². The first-order chi connectivity index (χ1) is 6.58. The van der Waals surface area contributed by atoms with Crippen LogP contribution in [0.25, 0.3) is 0 Å². The van der Waals surface area contributed by atoms with Crippen LogP contribution in [0.15, 0.2) is 30.3 Å². The van der Waals surface area contributed by atoms with Crippen LogP contribution in [0.4, 0.5) is 0 Å². The van der Waals surface area contributed by atoms with Crippen molar-refractivity contribution in [2.24, 2.45) is 0 Å². The highest BCUT2D eigenvalue weighted by molar-refractivity contribution is 9.39. The third kappa shape index (κ3) is 5.55. The quantitative estimate of drug-likeness (QED) is 0.665. The van der Waals surface area contributed by atoms with E-state index in [0.717, 1.165) is 12.8 Å². The molecule has 0 bridgehead atoms. The second-order valence-corrected chi connectivity index (χ2v) is 6.72. The van der Waals surface area contributed by atoms with Crippen molar-refractivity contribution in [3.8, 4) is 0 Å². The SMILES string of the molecule is O=P(O)(Br)OCCCc1ccccc1. The van der Waals surface area contributed by atoms with Crippen LogP contribution in [0.3, 0.4) is 0 Å². The van der Waals surface area contributed by atoms with Crippen LogP contribution < -0.4 is 0 Å².